The highest BCUT2D eigenvalue weighted by molar-refractivity contribution is 6.15. The Hall–Kier alpha value is -3.02. The summed E-state index contributed by atoms with van der Waals surface area (Å²) in [6.45, 7) is 4.06. The van der Waals surface area contributed by atoms with E-state index in [0.29, 0.717) is 5.71 Å². The molecule has 1 aliphatic heterocycles. The lowest BCUT2D eigenvalue weighted by atomic mass is 9.86. The molecule has 0 unspecified atom stereocenters. The highest BCUT2D eigenvalue weighted by atomic mass is 16.6. The van der Waals surface area contributed by atoms with Crippen LogP contribution in [-0.4, -0.2) is 22.1 Å². The molecule has 0 fully saturated rings. The number of carbonyl (C=O) groups is 1. The van der Waals surface area contributed by atoms with Crippen molar-refractivity contribution in [2.75, 3.05) is 5.32 Å². The zero-order chi connectivity index (χ0) is 18.0. The molecule has 1 N–H and O–H groups in total. The fourth-order valence-corrected chi connectivity index (χ4v) is 3.11. The van der Waals surface area contributed by atoms with Gasteiger partial charge in [0.25, 0.3) is 5.69 Å². The number of nitrogens with one attached hydrogen (secondary N) is 1. The molecule has 1 amide bonds. The number of fused-ring (bicyclic) bond motifs is 1. The predicted molar refractivity (Wildman–Crippen MR) is 97.1 cm³/mol. The lowest BCUT2D eigenvalue weighted by Gasteiger charge is -2.28. The van der Waals surface area contributed by atoms with Gasteiger partial charge < -0.3 is 5.32 Å². The largest absolute Gasteiger partial charge is 0.320 e. The monoisotopic (exact) mass is 337 g/mol. The number of anilines is 1. The van der Waals surface area contributed by atoms with Gasteiger partial charge in [-0.05, 0) is 37.5 Å². The van der Waals surface area contributed by atoms with Gasteiger partial charge in [-0.3, -0.25) is 19.9 Å². The van der Waals surface area contributed by atoms with E-state index in [1.807, 2.05) is 38.1 Å². The first-order valence-electron chi connectivity index (χ1n) is 8.06. The van der Waals surface area contributed by atoms with Gasteiger partial charge in [-0.25, -0.2) is 0 Å². The molecule has 0 saturated heterocycles. The van der Waals surface area contributed by atoms with Crippen molar-refractivity contribution in [2.45, 2.75) is 32.2 Å². The molecule has 0 aliphatic carbocycles. The van der Waals surface area contributed by atoms with Crippen LogP contribution in [-0.2, 0) is 11.2 Å². The zero-order valence-corrected chi connectivity index (χ0v) is 14.2. The van der Waals surface area contributed by atoms with Crippen molar-refractivity contribution in [1.29, 1.82) is 0 Å². The minimum absolute atomic E-state index is 0.0759. The second-order valence-corrected chi connectivity index (χ2v) is 6.70. The molecule has 0 radical (unpaired) electrons. The van der Waals surface area contributed by atoms with E-state index in [0.717, 1.165) is 17.5 Å². The van der Waals surface area contributed by atoms with Gasteiger partial charge in [0.2, 0.25) is 5.91 Å². The second-order valence-electron chi connectivity index (χ2n) is 6.70. The molecule has 1 aliphatic rings. The summed E-state index contributed by atoms with van der Waals surface area (Å²) < 4.78 is 0. The summed E-state index contributed by atoms with van der Waals surface area (Å²) in [5.74, 6) is -0.319. The van der Waals surface area contributed by atoms with E-state index in [4.69, 9.17) is 4.99 Å². The standard InChI is InChI=1S/C19H19N3O3/c1-19(2)12-13-7-3-4-8-14(13)16(21-19)11-18(23)20-15-9-5-6-10-17(15)22(24)25/h3-10H,11-12H2,1-2H3,(H,20,23). The predicted octanol–water partition coefficient (Wildman–Crippen LogP) is 3.75. The third kappa shape index (κ3) is 3.74. The molecule has 6 nitrogen and oxygen atoms in total. The lowest BCUT2D eigenvalue weighted by molar-refractivity contribution is -0.383. The number of rotatable bonds is 4. The molecule has 1 heterocycles. The molecule has 0 bridgehead atoms. The van der Waals surface area contributed by atoms with Crippen LogP contribution in [0, 0.1) is 10.1 Å². The van der Waals surface area contributed by atoms with Crippen molar-refractivity contribution >= 4 is 23.0 Å². The van der Waals surface area contributed by atoms with Crippen LogP contribution < -0.4 is 5.32 Å². The summed E-state index contributed by atoms with van der Waals surface area (Å²) >= 11 is 0. The number of nitro benzene ring substituents is 1. The molecule has 3 rings (SSSR count). The number of carbonyl (C=O) groups excluding carboxylic acids is 1. The number of nitro groups is 1. The average Bonchev–Trinajstić information content (AvgIpc) is 2.54. The molecular weight excluding hydrogens is 318 g/mol. The Bertz CT molecular complexity index is 872. The first-order valence-corrected chi connectivity index (χ1v) is 8.06. The van der Waals surface area contributed by atoms with E-state index in [9.17, 15) is 14.9 Å². The molecule has 0 spiro atoms. The molecule has 0 atom stereocenters. The number of amides is 1. The van der Waals surface area contributed by atoms with Crippen LogP contribution in [0.15, 0.2) is 53.5 Å². The van der Waals surface area contributed by atoms with Crippen LogP contribution in [0.3, 0.4) is 0 Å². The van der Waals surface area contributed by atoms with Crippen molar-refractivity contribution in [2.24, 2.45) is 4.99 Å². The van der Waals surface area contributed by atoms with E-state index in [-0.39, 0.29) is 29.2 Å². The van der Waals surface area contributed by atoms with Crippen molar-refractivity contribution in [1.82, 2.24) is 0 Å². The number of nitrogens with zero attached hydrogens (tertiary/aromatic N) is 2. The van der Waals surface area contributed by atoms with Crippen LogP contribution >= 0.6 is 0 Å². The Morgan fingerprint density at radius 2 is 1.88 bits per heavy atom. The number of aliphatic imine (C=N–C) groups is 1. The molecule has 0 saturated carbocycles. The summed E-state index contributed by atoms with van der Waals surface area (Å²) in [7, 11) is 0. The summed E-state index contributed by atoms with van der Waals surface area (Å²) in [4.78, 5) is 27.7. The molecular formula is C19H19N3O3. The van der Waals surface area contributed by atoms with Crippen molar-refractivity contribution < 1.29 is 9.72 Å². The minimum atomic E-state index is -0.508. The van der Waals surface area contributed by atoms with Gasteiger partial charge in [0.1, 0.15) is 5.69 Å². The zero-order valence-electron chi connectivity index (χ0n) is 14.2. The van der Waals surface area contributed by atoms with Gasteiger partial charge in [-0.1, -0.05) is 36.4 Å². The fourth-order valence-electron chi connectivity index (χ4n) is 3.11. The molecule has 128 valence electrons. The van der Waals surface area contributed by atoms with Gasteiger partial charge >= 0.3 is 0 Å². The minimum Gasteiger partial charge on any atom is -0.320 e. The van der Waals surface area contributed by atoms with E-state index in [1.54, 1.807) is 12.1 Å². The quantitative estimate of drug-likeness (QED) is 0.681. The van der Waals surface area contributed by atoms with E-state index in [1.165, 1.54) is 12.1 Å². The Kier molecular flexibility index (Phi) is 4.35. The number of para-hydroxylation sites is 2. The van der Waals surface area contributed by atoms with Crippen molar-refractivity contribution in [3.05, 3.63) is 69.8 Å². The Labute approximate surface area is 145 Å². The first kappa shape index (κ1) is 16.8. The van der Waals surface area contributed by atoms with Crippen LogP contribution in [0.1, 0.15) is 31.4 Å². The molecule has 0 aromatic heterocycles. The maximum atomic E-state index is 12.5. The Morgan fingerprint density at radius 3 is 2.64 bits per heavy atom. The van der Waals surface area contributed by atoms with Crippen LogP contribution in [0.4, 0.5) is 11.4 Å². The normalized spacial score (nSPS) is 15.0. The van der Waals surface area contributed by atoms with Gasteiger partial charge in [-0.2, -0.15) is 0 Å². The fraction of sp³-hybridized carbons (Fsp3) is 0.263. The summed E-state index contributed by atoms with van der Waals surface area (Å²) in [6, 6.07) is 14.0. The van der Waals surface area contributed by atoms with Gasteiger partial charge in [0.05, 0.1) is 22.6 Å². The topological polar surface area (TPSA) is 84.6 Å². The smallest absolute Gasteiger partial charge is 0.292 e. The summed E-state index contributed by atoms with van der Waals surface area (Å²) in [5, 5.41) is 13.7. The second kappa shape index (κ2) is 6.47. The Balaban J connectivity index is 1.84. The van der Waals surface area contributed by atoms with E-state index in [2.05, 4.69) is 5.32 Å². The molecule has 25 heavy (non-hydrogen) atoms. The van der Waals surface area contributed by atoms with Crippen LogP contribution in [0.5, 0.6) is 0 Å². The maximum absolute atomic E-state index is 12.5. The number of hydrogen-bond acceptors (Lipinski definition) is 4. The van der Waals surface area contributed by atoms with Gasteiger partial charge in [0, 0.05) is 6.07 Å². The third-order valence-electron chi connectivity index (χ3n) is 4.09. The SMILES string of the molecule is CC1(C)Cc2ccccc2C(CC(=O)Nc2ccccc2[N+](=O)[O-])=N1. The third-order valence-corrected chi connectivity index (χ3v) is 4.09. The molecule has 6 heteroatoms. The molecule has 2 aromatic carbocycles. The van der Waals surface area contributed by atoms with Crippen LogP contribution in [0.2, 0.25) is 0 Å². The summed E-state index contributed by atoms with van der Waals surface area (Å²) in [6.07, 6.45) is 0.894. The maximum Gasteiger partial charge on any atom is 0.292 e. The van der Waals surface area contributed by atoms with Crippen molar-refractivity contribution in [3.8, 4) is 0 Å². The number of hydrogen-bond donors (Lipinski definition) is 1. The lowest BCUT2D eigenvalue weighted by Crippen LogP contribution is -2.30. The van der Waals surface area contributed by atoms with Crippen LogP contribution in [0.25, 0.3) is 0 Å². The highest BCUT2D eigenvalue weighted by Crippen LogP contribution is 2.28. The van der Waals surface area contributed by atoms with E-state index >= 15 is 0 Å². The van der Waals surface area contributed by atoms with Gasteiger partial charge in [-0.15, -0.1) is 0 Å². The van der Waals surface area contributed by atoms with Crippen molar-refractivity contribution in [3.63, 3.8) is 0 Å². The van der Waals surface area contributed by atoms with E-state index < -0.39 is 4.92 Å². The Morgan fingerprint density at radius 1 is 1.20 bits per heavy atom. The first-order chi connectivity index (χ1) is 11.9. The highest BCUT2D eigenvalue weighted by Gasteiger charge is 2.27. The number of benzene rings is 2. The summed E-state index contributed by atoms with van der Waals surface area (Å²) in [5.41, 5.74) is 2.64. The van der Waals surface area contributed by atoms with Gasteiger partial charge in [0.15, 0.2) is 0 Å². The molecule has 2 aromatic rings. The average molecular weight is 337 g/mol.